The summed E-state index contributed by atoms with van der Waals surface area (Å²) >= 11 is 5.56. The van der Waals surface area contributed by atoms with Crippen LogP contribution in [0.1, 0.15) is 6.42 Å². The van der Waals surface area contributed by atoms with Crippen molar-refractivity contribution in [3.8, 4) is 5.75 Å². The number of alkyl halides is 1. The number of halogens is 1. The van der Waals surface area contributed by atoms with Crippen molar-refractivity contribution in [2.24, 2.45) is 7.05 Å². The number of benzene rings is 1. The van der Waals surface area contributed by atoms with Crippen LogP contribution in [0.15, 0.2) is 23.0 Å². The minimum atomic E-state index is -0.118. The van der Waals surface area contributed by atoms with Crippen molar-refractivity contribution in [3.05, 3.63) is 28.7 Å². The second-order valence-electron chi connectivity index (χ2n) is 3.56. The van der Waals surface area contributed by atoms with E-state index < -0.39 is 0 Å². The lowest BCUT2D eigenvalue weighted by atomic mass is 10.3. The Balaban J connectivity index is 2.27. The zero-order valence-electron chi connectivity index (χ0n) is 9.00. The van der Waals surface area contributed by atoms with Crippen LogP contribution >= 0.6 is 11.6 Å². The summed E-state index contributed by atoms with van der Waals surface area (Å²) in [4.78, 5) is 14.1. The van der Waals surface area contributed by atoms with E-state index in [0.717, 1.165) is 23.2 Å². The first-order valence-electron chi connectivity index (χ1n) is 5.10. The highest BCUT2D eigenvalue weighted by Gasteiger charge is 2.03. The number of aryl methyl sites for hydroxylation is 1. The molecule has 1 aromatic carbocycles. The van der Waals surface area contributed by atoms with Gasteiger partial charge < -0.3 is 9.72 Å². The number of ether oxygens (including phenoxy) is 1. The zero-order chi connectivity index (χ0) is 11.5. The number of H-pyrrole nitrogens is 1. The topological polar surface area (TPSA) is 47.0 Å². The molecule has 0 atom stereocenters. The Hall–Kier alpha value is -1.42. The average molecular weight is 241 g/mol. The number of imidazole rings is 1. The molecule has 1 aromatic heterocycles. The molecular weight excluding hydrogens is 228 g/mol. The van der Waals surface area contributed by atoms with Gasteiger partial charge in [-0.25, -0.2) is 4.79 Å². The van der Waals surface area contributed by atoms with Crippen molar-refractivity contribution in [2.45, 2.75) is 6.42 Å². The van der Waals surface area contributed by atoms with Gasteiger partial charge in [-0.15, -0.1) is 11.6 Å². The van der Waals surface area contributed by atoms with E-state index in [-0.39, 0.29) is 5.69 Å². The highest BCUT2D eigenvalue weighted by molar-refractivity contribution is 6.17. The molecule has 0 spiro atoms. The fourth-order valence-electron chi connectivity index (χ4n) is 1.55. The molecule has 0 aliphatic rings. The van der Waals surface area contributed by atoms with Crippen molar-refractivity contribution in [2.75, 3.05) is 12.5 Å². The predicted octanol–water partition coefficient (Wildman–Crippen LogP) is 1.87. The van der Waals surface area contributed by atoms with Crippen molar-refractivity contribution in [1.29, 1.82) is 0 Å². The fraction of sp³-hybridized carbons (Fsp3) is 0.364. The van der Waals surface area contributed by atoms with E-state index in [0.29, 0.717) is 12.5 Å². The third kappa shape index (κ3) is 2.07. The van der Waals surface area contributed by atoms with E-state index in [4.69, 9.17) is 16.3 Å². The third-order valence-corrected chi connectivity index (χ3v) is 2.69. The zero-order valence-corrected chi connectivity index (χ0v) is 9.75. The van der Waals surface area contributed by atoms with E-state index in [9.17, 15) is 4.79 Å². The highest BCUT2D eigenvalue weighted by Crippen LogP contribution is 2.17. The number of aromatic nitrogens is 2. The van der Waals surface area contributed by atoms with Crippen LogP contribution in [0.3, 0.4) is 0 Å². The maximum atomic E-state index is 11.4. The first kappa shape index (κ1) is 11.1. The first-order chi connectivity index (χ1) is 7.72. The smallest absolute Gasteiger partial charge is 0.326 e. The molecule has 5 heteroatoms. The second-order valence-corrected chi connectivity index (χ2v) is 3.94. The Morgan fingerprint density at radius 2 is 2.31 bits per heavy atom. The largest absolute Gasteiger partial charge is 0.493 e. The van der Waals surface area contributed by atoms with Gasteiger partial charge in [0.15, 0.2) is 0 Å². The summed E-state index contributed by atoms with van der Waals surface area (Å²) in [5.41, 5.74) is 1.54. The Morgan fingerprint density at radius 1 is 1.50 bits per heavy atom. The quantitative estimate of drug-likeness (QED) is 0.655. The number of hydrogen-bond acceptors (Lipinski definition) is 2. The second kappa shape index (κ2) is 4.61. The van der Waals surface area contributed by atoms with Crippen LogP contribution in [0.4, 0.5) is 0 Å². The summed E-state index contributed by atoms with van der Waals surface area (Å²) in [7, 11) is 1.73. The van der Waals surface area contributed by atoms with Crippen LogP contribution in [-0.2, 0) is 7.05 Å². The molecule has 0 aliphatic heterocycles. The standard InChI is InChI=1S/C11H13ClN2O2/c1-14-10-4-3-8(16-6-2-5-12)7-9(10)13-11(14)15/h3-4,7H,2,5-6H2,1H3,(H,13,15). The Kier molecular flexibility index (Phi) is 3.19. The van der Waals surface area contributed by atoms with Gasteiger partial charge in [0.05, 0.1) is 17.6 Å². The van der Waals surface area contributed by atoms with Gasteiger partial charge in [-0.2, -0.15) is 0 Å². The molecule has 16 heavy (non-hydrogen) atoms. The van der Waals surface area contributed by atoms with E-state index in [2.05, 4.69) is 4.98 Å². The molecule has 1 heterocycles. The molecule has 0 radical (unpaired) electrons. The van der Waals surface area contributed by atoms with Crippen LogP contribution < -0.4 is 10.4 Å². The van der Waals surface area contributed by atoms with Gasteiger partial charge in [0.25, 0.3) is 0 Å². The monoisotopic (exact) mass is 240 g/mol. The van der Waals surface area contributed by atoms with Gasteiger partial charge in [-0.05, 0) is 18.6 Å². The molecule has 0 unspecified atom stereocenters. The van der Waals surface area contributed by atoms with Crippen LogP contribution in [0.2, 0.25) is 0 Å². The minimum Gasteiger partial charge on any atom is -0.493 e. The summed E-state index contributed by atoms with van der Waals surface area (Å²) < 4.78 is 7.06. The van der Waals surface area contributed by atoms with Crippen molar-refractivity contribution in [1.82, 2.24) is 9.55 Å². The lowest BCUT2D eigenvalue weighted by Crippen LogP contribution is -2.11. The normalized spacial score (nSPS) is 10.9. The van der Waals surface area contributed by atoms with Crippen molar-refractivity contribution in [3.63, 3.8) is 0 Å². The van der Waals surface area contributed by atoms with Gasteiger partial charge >= 0.3 is 5.69 Å². The number of aromatic amines is 1. The first-order valence-corrected chi connectivity index (χ1v) is 5.63. The van der Waals surface area contributed by atoms with Crippen LogP contribution in [0.25, 0.3) is 11.0 Å². The predicted molar refractivity (Wildman–Crippen MR) is 64.4 cm³/mol. The summed E-state index contributed by atoms with van der Waals surface area (Å²) in [6.07, 6.45) is 0.810. The summed E-state index contributed by atoms with van der Waals surface area (Å²) in [5, 5.41) is 0. The average Bonchev–Trinajstić information content (AvgIpc) is 2.55. The summed E-state index contributed by atoms with van der Waals surface area (Å²) in [6.45, 7) is 0.589. The molecule has 0 aliphatic carbocycles. The molecule has 0 amide bonds. The molecule has 0 saturated carbocycles. The fourth-order valence-corrected chi connectivity index (χ4v) is 1.66. The van der Waals surface area contributed by atoms with Gasteiger partial charge in [0.2, 0.25) is 0 Å². The number of nitrogens with zero attached hydrogens (tertiary/aromatic N) is 1. The number of rotatable bonds is 4. The Labute approximate surface area is 97.8 Å². The number of hydrogen-bond donors (Lipinski definition) is 1. The van der Waals surface area contributed by atoms with Crippen LogP contribution in [-0.4, -0.2) is 22.0 Å². The van der Waals surface area contributed by atoms with Crippen LogP contribution in [0.5, 0.6) is 5.75 Å². The van der Waals surface area contributed by atoms with Crippen molar-refractivity contribution < 1.29 is 4.74 Å². The molecule has 0 fully saturated rings. The van der Waals surface area contributed by atoms with E-state index in [1.807, 2.05) is 18.2 Å². The van der Waals surface area contributed by atoms with Crippen LogP contribution in [0, 0.1) is 0 Å². The molecule has 0 bridgehead atoms. The molecule has 0 saturated heterocycles. The van der Waals surface area contributed by atoms with E-state index in [1.165, 1.54) is 0 Å². The van der Waals surface area contributed by atoms with E-state index in [1.54, 1.807) is 11.6 Å². The lowest BCUT2D eigenvalue weighted by molar-refractivity contribution is 0.318. The molecule has 86 valence electrons. The molecule has 2 aromatic rings. The van der Waals surface area contributed by atoms with Crippen molar-refractivity contribution >= 4 is 22.6 Å². The summed E-state index contributed by atoms with van der Waals surface area (Å²) in [6, 6.07) is 5.54. The molecular formula is C11H13ClN2O2. The minimum absolute atomic E-state index is 0.118. The van der Waals surface area contributed by atoms with Gasteiger partial charge in [0, 0.05) is 19.0 Å². The number of nitrogens with one attached hydrogen (secondary N) is 1. The highest BCUT2D eigenvalue weighted by atomic mass is 35.5. The maximum absolute atomic E-state index is 11.4. The molecule has 2 rings (SSSR count). The third-order valence-electron chi connectivity index (χ3n) is 2.42. The SMILES string of the molecule is Cn1c(=O)[nH]c2cc(OCCCCl)ccc21. The van der Waals surface area contributed by atoms with E-state index >= 15 is 0 Å². The van der Waals surface area contributed by atoms with Gasteiger partial charge in [0.1, 0.15) is 5.75 Å². The molecule has 1 N–H and O–H groups in total. The van der Waals surface area contributed by atoms with Gasteiger partial charge in [-0.1, -0.05) is 0 Å². The Bertz CT molecular complexity index is 544. The molecule has 4 nitrogen and oxygen atoms in total. The number of fused-ring (bicyclic) bond motifs is 1. The van der Waals surface area contributed by atoms with Gasteiger partial charge in [-0.3, -0.25) is 4.57 Å². The Morgan fingerprint density at radius 3 is 3.06 bits per heavy atom. The summed E-state index contributed by atoms with van der Waals surface area (Å²) in [5.74, 6) is 1.34. The lowest BCUT2D eigenvalue weighted by Gasteiger charge is -2.04. The maximum Gasteiger partial charge on any atom is 0.326 e.